The lowest BCUT2D eigenvalue weighted by Gasteiger charge is -2.14. The van der Waals surface area contributed by atoms with Crippen molar-refractivity contribution in [3.63, 3.8) is 0 Å². The zero-order chi connectivity index (χ0) is 16.3. The Bertz CT molecular complexity index is 589. The minimum atomic E-state index is -4.53. The van der Waals surface area contributed by atoms with Crippen LogP contribution in [0.3, 0.4) is 0 Å². The number of benzene rings is 1. The van der Waals surface area contributed by atoms with Gasteiger partial charge in [0.25, 0.3) is 0 Å². The number of halogens is 4. The highest BCUT2D eigenvalue weighted by molar-refractivity contribution is 9.10. The van der Waals surface area contributed by atoms with Crippen LogP contribution in [0, 0.1) is 0 Å². The minimum Gasteiger partial charge on any atom is -0.313 e. The molecule has 0 fully saturated rings. The van der Waals surface area contributed by atoms with Gasteiger partial charge in [0.2, 0.25) is 10.0 Å². The van der Waals surface area contributed by atoms with Gasteiger partial charge in [-0.1, -0.05) is 13.8 Å². The predicted octanol–water partition coefficient (Wildman–Crippen LogP) is 3.21. The first-order valence-electron chi connectivity index (χ1n) is 6.12. The van der Waals surface area contributed by atoms with Crippen molar-refractivity contribution in [1.82, 2.24) is 5.32 Å². The maximum absolute atomic E-state index is 12.6. The van der Waals surface area contributed by atoms with E-state index in [9.17, 15) is 21.6 Å². The Morgan fingerprint density at radius 3 is 2.43 bits per heavy atom. The molecule has 0 unspecified atom stereocenters. The molecular formula is C12H16BrF3N2O2S. The summed E-state index contributed by atoms with van der Waals surface area (Å²) < 4.78 is 64.0. The topological polar surface area (TPSA) is 58.2 Å². The van der Waals surface area contributed by atoms with Gasteiger partial charge in [0.1, 0.15) is 0 Å². The van der Waals surface area contributed by atoms with Gasteiger partial charge in [-0.05, 0) is 34.1 Å². The molecule has 0 spiro atoms. The molecule has 1 aromatic rings. The van der Waals surface area contributed by atoms with Crippen LogP contribution < -0.4 is 10.0 Å². The Balaban J connectivity index is 2.86. The SMILES string of the molecule is CC(C)NCCS(=O)(=O)Nc1cc(C(F)(F)F)ccc1Br. The standard InChI is InChI=1S/C12H16BrF3N2O2S/c1-8(2)17-5-6-21(19,20)18-11-7-9(12(14,15)16)3-4-10(11)13/h3-4,7-8,17-18H,5-6H2,1-2H3. The second-order valence-corrected chi connectivity index (χ2v) is 7.42. The Hall–Kier alpha value is -0.800. The van der Waals surface area contributed by atoms with Gasteiger partial charge in [0, 0.05) is 17.1 Å². The molecule has 0 radical (unpaired) electrons. The molecule has 0 aliphatic rings. The van der Waals surface area contributed by atoms with Gasteiger partial charge < -0.3 is 5.32 Å². The fourth-order valence-corrected chi connectivity index (χ4v) is 2.95. The van der Waals surface area contributed by atoms with Gasteiger partial charge in [0.15, 0.2) is 0 Å². The largest absolute Gasteiger partial charge is 0.416 e. The molecule has 0 aliphatic carbocycles. The van der Waals surface area contributed by atoms with E-state index in [1.54, 1.807) is 0 Å². The first kappa shape index (κ1) is 18.2. The van der Waals surface area contributed by atoms with Crippen LogP contribution in [0.1, 0.15) is 19.4 Å². The number of hydrogen-bond acceptors (Lipinski definition) is 3. The normalized spacial score (nSPS) is 12.7. The molecule has 2 N–H and O–H groups in total. The van der Waals surface area contributed by atoms with Gasteiger partial charge in [-0.15, -0.1) is 0 Å². The molecule has 0 heterocycles. The summed E-state index contributed by atoms with van der Waals surface area (Å²) in [6.07, 6.45) is -4.53. The molecule has 1 rings (SSSR count). The van der Waals surface area contributed by atoms with Gasteiger partial charge in [-0.25, -0.2) is 8.42 Å². The van der Waals surface area contributed by atoms with Crippen molar-refractivity contribution in [2.75, 3.05) is 17.0 Å². The highest BCUT2D eigenvalue weighted by atomic mass is 79.9. The zero-order valence-corrected chi connectivity index (χ0v) is 13.9. The average molecular weight is 389 g/mol. The van der Waals surface area contributed by atoms with Crippen LogP contribution in [0.15, 0.2) is 22.7 Å². The van der Waals surface area contributed by atoms with E-state index in [0.29, 0.717) is 0 Å². The van der Waals surface area contributed by atoms with Crippen molar-refractivity contribution in [3.8, 4) is 0 Å². The molecule has 4 nitrogen and oxygen atoms in total. The third-order valence-electron chi connectivity index (χ3n) is 2.48. The molecule has 120 valence electrons. The van der Waals surface area contributed by atoms with E-state index in [-0.39, 0.29) is 28.5 Å². The molecule has 0 aliphatic heterocycles. The van der Waals surface area contributed by atoms with Gasteiger partial charge in [-0.2, -0.15) is 13.2 Å². The first-order chi connectivity index (χ1) is 9.51. The lowest BCUT2D eigenvalue weighted by atomic mass is 10.2. The summed E-state index contributed by atoms with van der Waals surface area (Å²) >= 11 is 3.03. The molecule has 0 amide bonds. The van der Waals surface area contributed by atoms with Crippen LogP contribution >= 0.6 is 15.9 Å². The lowest BCUT2D eigenvalue weighted by molar-refractivity contribution is -0.137. The van der Waals surface area contributed by atoms with E-state index in [0.717, 1.165) is 18.2 Å². The minimum absolute atomic E-state index is 0.125. The molecule has 0 saturated heterocycles. The quantitative estimate of drug-likeness (QED) is 0.786. The average Bonchev–Trinajstić information content (AvgIpc) is 2.29. The molecule has 0 atom stereocenters. The molecule has 1 aromatic carbocycles. The van der Waals surface area contributed by atoms with Crippen LogP contribution in [0.2, 0.25) is 0 Å². The van der Waals surface area contributed by atoms with Crippen molar-refractivity contribution in [3.05, 3.63) is 28.2 Å². The summed E-state index contributed by atoms with van der Waals surface area (Å²) in [5.74, 6) is -0.228. The van der Waals surface area contributed by atoms with E-state index in [1.165, 1.54) is 0 Å². The second kappa shape index (κ2) is 6.97. The number of nitrogens with one attached hydrogen (secondary N) is 2. The van der Waals surface area contributed by atoms with Gasteiger partial charge in [-0.3, -0.25) is 4.72 Å². The predicted molar refractivity (Wildman–Crippen MR) is 79.7 cm³/mol. The second-order valence-electron chi connectivity index (χ2n) is 4.72. The zero-order valence-electron chi connectivity index (χ0n) is 11.5. The third-order valence-corrected chi connectivity index (χ3v) is 4.45. The number of sulfonamides is 1. The highest BCUT2D eigenvalue weighted by Crippen LogP contribution is 2.34. The van der Waals surface area contributed by atoms with E-state index in [2.05, 4.69) is 26.0 Å². The fraction of sp³-hybridized carbons (Fsp3) is 0.500. The van der Waals surface area contributed by atoms with E-state index in [4.69, 9.17) is 0 Å². The Morgan fingerprint density at radius 2 is 1.90 bits per heavy atom. The molecule has 0 bridgehead atoms. The molecule has 21 heavy (non-hydrogen) atoms. The number of alkyl halides is 3. The monoisotopic (exact) mass is 388 g/mol. The van der Waals surface area contributed by atoms with E-state index < -0.39 is 21.8 Å². The van der Waals surface area contributed by atoms with Crippen LogP contribution in [-0.2, 0) is 16.2 Å². The van der Waals surface area contributed by atoms with Crippen molar-refractivity contribution in [2.45, 2.75) is 26.1 Å². The molecule has 0 saturated carbocycles. The van der Waals surface area contributed by atoms with Gasteiger partial charge in [0.05, 0.1) is 17.0 Å². The smallest absolute Gasteiger partial charge is 0.313 e. The Kier molecular flexibility index (Phi) is 6.06. The van der Waals surface area contributed by atoms with Gasteiger partial charge >= 0.3 is 6.18 Å². The summed E-state index contributed by atoms with van der Waals surface area (Å²) in [7, 11) is -3.72. The summed E-state index contributed by atoms with van der Waals surface area (Å²) in [5, 5.41) is 2.93. The maximum Gasteiger partial charge on any atom is 0.416 e. The Morgan fingerprint density at radius 1 is 1.29 bits per heavy atom. The van der Waals surface area contributed by atoms with Crippen LogP contribution in [0.5, 0.6) is 0 Å². The van der Waals surface area contributed by atoms with Crippen LogP contribution in [0.25, 0.3) is 0 Å². The summed E-state index contributed by atoms with van der Waals surface area (Å²) in [6.45, 7) is 3.94. The summed E-state index contributed by atoms with van der Waals surface area (Å²) in [4.78, 5) is 0. The molecular weight excluding hydrogens is 373 g/mol. The third kappa shape index (κ3) is 6.23. The van der Waals surface area contributed by atoms with Crippen LogP contribution in [0.4, 0.5) is 18.9 Å². The van der Waals surface area contributed by atoms with Crippen molar-refractivity contribution in [2.24, 2.45) is 0 Å². The number of rotatable bonds is 6. The van der Waals surface area contributed by atoms with Crippen molar-refractivity contribution in [1.29, 1.82) is 0 Å². The summed E-state index contributed by atoms with van der Waals surface area (Å²) in [5.41, 5.74) is -1.04. The molecule has 0 aromatic heterocycles. The highest BCUT2D eigenvalue weighted by Gasteiger charge is 2.31. The summed E-state index contributed by atoms with van der Waals surface area (Å²) in [6, 6.07) is 2.92. The number of hydrogen-bond donors (Lipinski definition) is 2. The van der Waals surface area contributed by atoms with Crippen molar-refractivity contribution < 1.29 is 21.6 Å². The van der Waals surface area contributed by atoms with E-state index in [1.807, 2.05) is 13.8 Å². The van der Waals surface area contributed by atoms with Crippen molar-refractivity contribution >= 4 is 31.6 Å². The maximum atomic E-state index is 12.6. The molecule has 9 heteroatoms. The van der Waals surface area contributed by atoms with E-state index >= 15 is 0 Å². The first-order valence-corrected chi connectivity index (χ1v) is 8.56. The Labute approximate surface area is 130 Å². The fourth-order valence-electron chi connectivity index (χ4n) is 1.48. The number of anilines is 1. The van der Waals surface area contributed by atoms with Crippen LogP contribution in [-0.4, -0.2) is 26.8 Å². The lowest BCUT2D eigenvalue weighted by Crippen LogP contribution is -2.31.